The molecule has 1 heterocycles. The number of aromatic nitrogens is 1. The fraction of sp³-hybridized carbons (Fsp3) is 0.462. The molecule has 0 bridgehead atoms. The van der Waals surface area contributed by atoms with Crippen LogP contribution in [0.3, 0.4) is 0 Å². The topological polar surface area (TPSA) is 82.5 Å². The van der Waals surface area contributed by atoms with Gasteiger partial charge in [-0.25, -0.2) is 4.98 Å². The Hall–Kier alpha value is -2.11. The number of aliphatic carboxylic acids is 1. The predicted octanol–water partition coefficient (Wildman–Crippen LogP) is 1.59. The number of rotatable bonds is 5. The molecule has 0 aliphatic carbocycles. The number of carbonyl (C=O) groups is 2. The molecule has 0 spiro atoms. The Labute approximate surface area is 112 Å². The van der Waals surface area contributed by atoms with Gasteiger partial charge in [0, 0.05) is 20.5 Å². The van der Waals surface area contributed by atoms with Gasteiger partial charge in [-0.3, -0.25) is 9.59 Å². The van der Waals surface area contributed by atoms with E-state index in [1.165, 1.54) is 13.8 Å². The molecule has 1 aromatic heterocycles. The average Bonchev–Trinajstić information content (AvgIpc) is 2.28. The fourth-order valence-corrected chi connectivity index (χ4v) is 1.41. The van der Waals surface area contributed by atoms with Crippen LogP contribution < -0.4 is 10.2 Å². The summed E-state index contributed by atoms with van der Waals surface area (Å²) in [5, 5.41) is 11.6. The Morgan fingerprint density at radius 3 is 2.42 bits per heavy atom. The van der Waals surface area contributed by atoms with Gasteiger partial charge in [0.15, 0.2) is 0 Å². The first-order valence-corrected chi connectivity index (χ1v) is 5.89. The Morgan fingerprint density at radius 1 is 1.37 bits per heavy atom. The summed E-state index contributed by atoms with van der Waals surface area (Å²) >= 11 is 0. The SMILES string of the molecule is CN(C)c1ccc(NC(=O)CC(C)(C)C(=O)O)cn1. The molecule has 0 fully saturated rings. The van der Waals surface area contributed by atoms with Crippen LogP contribution in [0.4, 0.5) is 11.5 Å². The van der Waals surface area contributed by atoms with Gasteiger partial charge in [0.2, 0.25) is 5.91 Å². The predicted molar refractivity (Wildman–Crippen MR) is 73.2 cm³/mol. The van der Waals surface area contributed by atoms with Crippen molar-refractivity contribution in [2.45, 2.75) is 20.3 Å². The maximum Gasteiger partial charge on any atom is 0.309 e. The lowest BCUT2D eigenvalue weighted by atomic mass is 9.89. The van der Waals surface area contributed by atoms with Crippen LogP contribution in [0.2, 0.25) is 0 Å². The third kappa shape index (κ3) is 4.24. The summed E-state index contributed by atoms with van der Waals surface area (Å²) in [6, 6.07) is 3.51. The third-order valence-corrected chi connectivity index (χ3v) is 2.67. The van der Waals surface area contributed by atoms with E-state index in [-0.39, 0.29) is 12.3 Å². The van der Waals surface area contributed by atoms with Crippen LogP contribution in [0.1, 0.15) is 20.3 Å². The largest absolute Gasteiger partial charge is 0.481 e. The van der Waals surface area contributed by atoms with E-state index >= 15 is 0 Å². The van der Waals surface area contributed by atoms with E-state index in [1.807, 2.05) is 19.0 Å². The van der Waals surface area contributed by atoms with Gasteiger partial charge in [0.05, 0.1) is 17.3 Å². The number of hydrogen-bond acceptors (Lipinski definition) is 4. The van der Waals surface area contributed by atoms with E-state index in [2.05, 4.69) is 10.3 Å². The van der Waals surface area contributed by atoms with Gasteiger partial charge in [0.25, 0.3) is 0 Å². The fourth-order valence-electron chi connectivity index (χ4n) is 1.41. The van der Waals surface area contributed by atoms with Crippen LogP contribution in [-0.2, 0) is 9.59 Å². The van der Waals surface area contributed by atoms with Crippen molar-refractivity contribution < 1.29 is 14.7 Å². The van der Waals surface area contributed by atoms with Crippen LogP contribution in [0.15, 0.2) is 18.3 Å². The summed E-state index contributed by atoms with van der Waals surface area (Å²) < 4.78 is 0. The molecule has 6 heteroatoms. The summed E-state index contributed by atoms with van der Waals surface area (Å²) in [7, 11) is 3.74. The van der Waals surface area contributed by atoms with Crippen molar-refractivity contribution in [1.29, 1.82) is 0 Å². The first kappa shape index (κ1) is 14.9. The molecule has 0 saturated carbocycles. The second kappa shape index (κ2) is 5.69. The van der Waals surface area contributed by atoms with Gasteiger partial charge in [-0.15, -0.1) is 0 Å². The zero-order chi connectivity index (χ0) is 14.6. The van der Waals surface area contributed by atoms with Crippen LogP contribution in [-0.4, -0.2) is 36.1 Å². The minimum atomic E-state index is -1.08. The van der Waals surface area contributed by atoms with Crippen molar-refractivity contribution >= 4 is 23.4 Å². The number of carboxylic acids is 1. The summed E-state index contributed by atoms with van der Waals surface area (Å²) in [5.74, 6) is -0.556. The molecule has 0 aromatic carbocycles. The first-order valence-electron chi connectivity index (χ1n) is 5.89. The highest BCUT2D eigenvalue weighted by atomic mass is 16.4. The minimum absolute atomic E-state index is 0.0856. The Bertz CT molecular complexity index is 467. The van der Waals surface area contributed by atoms with E-state index in [1.54, 1.807) is 18.3 Å². The van der Waals surface area contributed by atoms with Crippen molar-refractivity contribution in [2.24, 2.45) is 5.41 Å². The summed E-state index contributed by atoms with van der Waals surface area (Å²) in [4.78, 5) is 28.7. The third-order valence-electron chi connectivity index (χ3n) is 2.67. The number of carboxylic acid groups (broad SMARTS) is 1. The van der Waals surface area contributed by atoms with Crippen LogP contribution in [0, 0.1) is 5.41 Å². The van der Waals surface area contributed by atoms with Gasteiger partial charge in [0.1, 0.15) is 5.82 Å². The quantitative estimate of drug-likeness (QED) is 0.844. The van der Waals surface area contributed by atoms with Crippen LogP contribution >= 0.6 is 0 Å². The number of nitrogens with zero attached hydrogens (tertiary/aromatic N) is 2. The molecule has 0 aliphatic heterocycles. The van der Waals surface area contributed by atoms with Crippen molar-refractivity contribution in [3.8, 4) is 0 Å². The standard InChI is InChI=1S/C13H19N3O3/c1-13(2,12(18)19)7-11(17)15-9-5-6-10(14-8-9)16(3)4/h5-6,8H,7H2,1-4H3,(H,15,17)(H,18,19). The second-order valence-corrected chi connectivity index (χ2v) is 5.21. The highest BCUT2D eigenvalue weighted by Gasteiger charge is 2.30. The average molecular weight is 265 g/mol. The summed E-state index contributed by atoms with van der Waals surface area (Å²) in [5.41, 5.74) is -0.530. The number of hydrogen-bond donors (Lipinski definition) is 2. The second-order valence-electron chi connectivity index (χ2n) is 5.21. The van der Waals surface area contributed by atoms with Crippen LogP contribution in [0.5, 0.6) is 0 Å². The van der Waals surface area contributed by atoms with Crippen molar-refractivity contribution in [2.75, 3.05) is 24.3 Å². The first-order chi connectivity index (χ1) is 8.72. The number of nitrogens with one attached hydrogen (secondary N) is 1. The Kier molecular flexibility index (Phi) is 4.47. The molecule has 0 unspecified atom stereocenters. The lowest BCUT2D eigenvalue weighted by Gasteiger charge is -2.18. The van der Waals surface area contributed by atoms with E-state index < -0.39 is 11.4 Å². The van der Waals surface area contributed by atoms with Crippen molar-refractivity contribution in [3.05, 3.63) is 18.3 Å². The van der Waals surface area contributed by atoms with Gasteiger partial charge >= 0.3 is 5.97 Å². The molecule has 0 aliphatic rings. The molecule has 6 nitrogen and oxygen atoms in total. The van der Waals surface area contributed by atoms with Gasteiger partial charge in [-0.1, -0.05) is 0 Å². The number of carbonyl (C=O) groups excluding carboxylic acids is 1. The molecule has 1 aromatic rings. The Morgan fingerprint density at radius 2 is 2.00 bits per heavy atom. The molecular formula is C13H19N3O3. The molecular weight excluding hydrogens is 246 g/mol. The zero-order valence-electron chi connectivity index (χ0n) is 11.6. The summed E-state index contributed by atoms with van der Waals surface area (Å²) in [6.07, 6.45) is 1.46. The highest BCUT2D eigenvalue weighted by Crippen LogP contribution is 2.21. The van der Waals surface area contributed by atoms with E-state index in [0.717, 1.165) is 5.82 Å². The van der Waals surface area contributed by atoms with Gasteiger partial charge in [-0.2, -0.15) is 0 Å². The maximum atomic E-state index is 11.7. The molecule has 19 heavy (non-hydrogen) atoms. The van der Waals surface area contributed by atoms with Gasteiger partial charge < -0.3 is 15.3 Å². The molecule has 104 valence electrons. The van der Waals surface area contributed by atoms with Crippen LogP contribution in [0.25, 0.3) is 0 Å². The van der Waals surface area contributed by atoms with Crippen molar-refractivity contribution in [1.82, 2.24) is 4.98 Å². The van der Waals surface area contributed by atoms with E-state index in [4.69, 9.17) is 5.11 Å². The number of pyridine rings is 1. The number of anilines is 2. The number of amides is 1. The molecule has 0 radical (unpaired) electrons. The lowest BCUT2D eigenvalue weighted by molar-refractivity contribution is -0.148. The minimum Gasteiger partial charge on any atom is -0.481 e. The summed E-state index contributed by atoms with van der Waals surface area (Å²) in [6.45, 7) is 3.03. The Balaban J connectivity index is 2.65. The van der Waals surface area contributed by atoms with Gasteiger partial charge in [-0.05, 0) is 26.0 Å². The monoisotopic (exact) mass is 265 g/mol. The van der Waals surface area contributed by atoms with Crippen molar-refractivity contribution in [3.63, 3.8) is 0 Å². The smallest absolute Gasteiger partial charge is 0.309 e. The van der Waals surface area contributed by atoms with E-state index in [9.17, 15) is 9.59 Å². The molecule has 1 amide bonds. The lowest BCUT2D eigenvalue weighted by Crippen LogP contribution is -2.29. The van der Waals surface area contributed by atoms with E-state index in [0.29, 0.717) is 5.69 Å². The molecule has 0 atom stereocenters. The molecule has 2 N–H and O–H groups in total. The highest BCUT2D eigenvalue weighted by molar-refractivity contribution is 5.93. The zero-order valence-corrected chi connectivity index (χ0v) is 11.6. The normalized spacial score (nSPS) is 10.9. The maximum absolute atomic E-state index is 11.7. The molecule has 1 rings (SSSR count). The molecule has 0 saturated heterocycles.